The number of rotatable bonds is 11. The predicted molar refractivity (Wildman–Crippen MR) is 131 cm³/mol. The average Bonchev–Trinajstić information content (AvgIpc) is 2.80. The molecule has 1 unspecified atom stereocenters. The molecule has 2 aliphatic carbocycles. The van der Waals surface area contributed by atoms with Gasteiger partial charge in [0.15, 0.2) is 0 Å². The Kier molecular flexibility index (Phi) is 10.2. The zero-order valence-electron chi connectivity index (χ0n) is 20.4. The highest BCUT2D eigenvalue weighted by atomic mass is 14.7. The molecule has 3 rings (SSSR count). The van der Waals surface area contributed by atoms with Gasteiger partial charge in [-0.1, -0.05) is 78.2 Å². The van der Waals surface area contributed by atoms with Gasteiger partial charge in [-0.25, -0.2) is 0 Å². The van der Waals surface area contributed by atoms with Crippen LogP contribution in [0.4, 0.5) is 0 Å². The van der Waals surface area contributed by atoms with Gasteiger partial charge in [-0.05, 0) is 86.7 Å². The summed E-state index contributed by atoms with van der Waals surface area (Å²) >= 11 is 0. The van der Waals surface area contributed by atoms with E-state index in [1.54, 1.807) is 0 Å². The van der Waals surface area contributed by atoms with E-state index in [2.05, 4.69) is 39.1 Å². The topological polar surface area (TPSA) is 12.9 Å². The summed E-state index contributed by atoms with van der Waals surface area (Å²) in [6.07, 6.45) is 25.0. The smallest absolute Gasteiger partial charge is 0.0434 e. The van der Waals surface area contributed by atoms with Crippen molar-refractivity contribution < 1.29 is 0 Å². The number of aryl methyl sites for hydroxylation is 1. The highest BCUT2D eigenvalue weighted by Gasteiger charge is 2.32. The molecule has 1 heteroatoms. The summed E-state index contributed by atoms with van der Waals surface area (Å²) in [6.45, 7) is 7.04. The molecule has 0 aromatic carbocycles. The number of hydrogen-bond acceptors (Lipinski definition) is 1. The third-order valence-electron chi connectivity index (χ3n) is 8.68. The van der Waals surface area contributed by atoms with Crippen LogP contribution in [0.5, 0.6) is 0 Å². The summed E-state index contributed by atoms with van der Waals surface area (Å²) in [6, 6.07) is 4.68. The van der Waals surface area contributed by atoms with Gasteiger partial charge in [-0.3, -0.25) is 4.98 Å². The van der Waals surface area contributed by atoms with Crippen molar-refractivity contribution in [1.29, 1.82) is 0 Å². The number of hydrogen-bond donors (Lipinski definition) is 0. The van der Waals surface area contributed by atoms with E-state index in [1.807, 2.05) is 0 Å². The summed E-state index contributed by atoms with van der Waals surface area (Å²) in [5.41, 5.74) is 2.76. The van der Waals surface area contributed by atoms with E-state index in [0.29, 0.717) is 5.92 Å². The standard InChI is InChI=1S/C29H49N/c1-4-6-8-10-24-12-15-27(16-13-24)28-19-17-26(18-20-28)23(3)29-21-14-25(22-30-29)11-9-7-5-2/h14,21-24,26-28H,4-13,15-20H2,1-3H3. The van der Waals surface area contributed by atoms with Crippen molar-refractivity contribution >= 4 is 0 Å². The van der Waals surface area contributed by atoms with Crippen LogP contribution in [0.15, 0.2) is 18.3 Å². The zero-order valence-corrected chi connectivity index (χ0v) is 20.4. The molecule has 0 aliphatic heterocycles. The Morgan fingerprint density at radius 3 is 2.03 bits per heavy atom. The van der Waals surface area contributed by atoms with Crippen LogP contribution in [0.25, 0.3) is 0 Å². The molecule has 0 amide bonds. The minimum absolute atomic E-state index is 0.630. The first-order valence-corrected chi connectivity index (χ1v) is 13.7. The average molecular weight is 412 g/mol. The van der Waals surface area contributed by atoms with Crippen LogP contribution in [0.1, 0.15) is 134 Å². The lowest BCUT2D eigenvalue weighted by Gasteiger charge is -2.39. The van der Waals surface area contributed by atoms with E-state index >= 15 is 0 Å². The first-order valence-electron chi connectivity index (χ1n) is 13.7. The second-order valence-corrected chi connectivity index (χ2v) is 10.8. The molecule has 0 N–H and O–H groups in total. The molecule has 0 bridgehead atoms. The second kappa shape index (κ2) is 12.9. The summed E-state index contributed by atoms with van der Waals surface area (Å²) in [4.78, 5) is 4.88. The Balaban J connectivity index is 1.39. The van der Waals surface area contributed by atoms with Gasteiger partial charge in [-0.15, -0.1) is 0 Å². The highest BCUT2D eigenvalue weighted by molar-refractivity contribution is 5.17. The van der Waals surface area contributed by atoms with Crippen molar-refractivity contribution in [3.63, 3.8) is 0 Å². The quantitative estimate of drug-likeness (QED) is 0.331. The van der Waals surface area contributed by atoms with E-state index < -0.39 is 0 Å². The van der Waals surface area contributed by atoms with Crippen LogP contribution in [-0.4, -0.2) is 4.98 Å². The number of unbranched alkanes of at least 4 members (excludes halogenated alkanes) is 4. The maximum atomic E-state index is 4.88. The molecule has 1 atom stereocenters. The lowest BCUT2D eigenvalue weighted by molar-refractivity contribution is 0.136. The Morgan fingerprint density at radius 2 is 1.43 bits per heavy atom. The van der Waals surface area contributed by atoms with Gasteiger partial charge >= 0.3 is 0 Å². The molecule has 0 saturated heterocycles. The van der Waals surface area contributed by atoms with Gasteiger partial charge in [0.25, 0.3) is 0 Å². The normalized spacial score (nSPS) is 28.4. The monoisotopic (exact) mass is 411 g/mol. The first-order chi connectivity index (χ1) is 14.7. The number of pyridine rings is 1. The lowest BCUT2D eigenvalue weighted by atomic mass is 9.67. The van der Waals surface area contributed by atoms with Crippen molar-refractivity contribution in [1.82, 2.24) is 4.98 Å². The Hall–Kier alpha value is -0.850. The molecule has 0 radical (unpaired) electrons. The molecular weight excluding hydrogens is 362 g/mol. The molecule has 1 aromatic heterocycles. The largest absolute Gasteiger partial charge is 0.261 e. The molecule has 1 aromatic rings. The molecule has 170 valence electrons. The molecule has 1 nitrogen and oxygen atoms in total. The Labute approximate surface area is 187 Å². The molecule has 1 heterocycles. The zero-order chi connectivity index (χ0) is 21.2. The van der Waals surface area contributed by atoms with E-state index in [9.17, 15) is 0 Å². The Morgan fingerprint density at radius 1 is 0.800 bits per heavy atom. The molecule has 0 spiro atoms. The lowest BCUT2D eigenvalue weighted by Crippen LogP contribution is -2.27. The third kappa shape index (κ3) is 7.10. The van der Waals surface area contributed by atoms with Crippen molar-refractivity contribution in [2.75, 3.05) is 0 Å². The van der Waals surface area contributed by atoms with Crippen LogP contribution in [-0.2, 0) is 6.42 Å². The first kappa shape index (κ1) is 23.8. The fourth-order valence-corrected chi connectivity index (χ4v) is 6.42. The van der Waals surface area contributed by atoms with Crippen LogP contribution < -0.4 is 0 Å². The van der Waals surface area contributed by atoms with Crippen molar-refractivity contribution in [2.24, 2.45) is 23.7 Å². The molecule has 2 saturated carbocycles. The summed E-state index contributed by atoms with van der Waals surface area (Å²) in [5, 5.41) is 0. The van der Waals surface area contributed by atoms with Gasteiger partial charge in [-0.2, -0.15) is 0 Å². The van der Waals surface area contributed by atoms with E-state index in [-0.39, 0.29) is 0 Å². The minimum Gasteiger partial charge on any atom is -0.261 e. The third-order valence-corrected chi connectivity index (χ3v) is 8.68. The van der Waals surface area contributed by atoms with E-state index in [4.69, 9.17) is 4.98 Å². The molecule has 2 aliphatic rings. The SMILES string of the molecule is CCCCCc1ccc(C(C)C2CCC(C3CCC(CCCCC)CC3)CC2)nc1. The fourth-order valence-electron chi connectivity index (χ4n) is 6.42. The van der Waals surface area contributed by atoms with Gasteiger partial charge in [0.1, 0.15) is 0 Å². The number of aromatic nitrogens is 1. The van der Waals surface area contributed by atoms with Gasteiger partial charge in [0.05, 0.1) is 0 Å². The summed E-state index contributed by atoms with van der Waals surface area (Å²) in [5.74, 6) is 4.61. The van der Waals surface area contributed by atoms with Crippen LogP contribution in [0.2, 0.25) is 0 Å². The maximum Gasteiger partial charge on any atom is 0.0434 e. The van der Waals surface area contributed by atoms with Gasteiger partial charge < -0.3 is 0 Å². The van der Waals surface area contributed by atoms with E-state index in [0.717, 1.165) is 23.7 Å². The van der Waals surface area contributed by atoms with Crippen molar-refractivity contribution in [3.05, 3.63) is 29.6 Å². The molecular formula is C29H49N. The highest BCUT2D eigenvalue weighted by Crippen LogP contribution is 2.45. The van der Waals surface area contributed by atoms with Crippen molar-refractivity contribution in [3.8, 4) is 0 Å². The fraction of sp³-hybridized carbons (Fsp3) is 0.828. The Bertz CT molecular complexity index is 561. The van der Waals surface area contributed by atoms with Crippen LogP contribution in [0.3, 0.4) is 0 Å². The predicted octanol–water partition coefficient (Wildman–Crippen LogP) is 9.11. The van der Waals surface area contributed by atoms with E-state index in [1.165, 1.54) is 114 Å². The molecule has 2 fully saturated rings. The van der Waals surface area contributed by atoms with Gasteiger partial charge in [0.2, 0.25) is 0 Å². The van der Waals surface area contributed by atoms with Crippen LogP contribution >= 0.6 is 0 Å². The second-order valence-electron chi connectivity index (χ2n) is 10.8. The summed E-state index contributed by atoms with van der Waals surface area (Å²) < 4.78 is 0. The van der Waals surface area contributed by atoms with Gasteiger partial charge in [0, 0.05) is 17.8 Å². The van der Waals surface area contributed by atoms with Crippen molar-refractivity contribution in [2.45, 2.75) is 129 Å². The number of nitrogens with zero attached hydrogens (tertiary/aromatic N) is 1. The minimum atomic E-state index is 0.630. The summed E-state index contributed by atoms with van der Waals surface area (Å²) in [7, 11) is 0. The van der Waals surface area contributed by atoms with Crippen LogP contribution in [0, 0.1) is 23.7 Å². The molecule has 30 heavy (non-hydrogen) atoms. The maximum absolute atomic E-state index is 4.88.